The average Bonchev–Trinajstić information content (AvgIpc) is 2.30. The van der Waals surface area contributed by atoms with E-state index in [2.05, 4.69) is 26.6 Å². The minimum Gasteiger partial charge on any atom is -0.478 e. The first-order valence-corrected chi connectivity index (χ1v) is 6.34. The van der Waals surface area contributed by atoms with E-state index >= 15 is 0 Å². The van der Waals surface area contributed by atoms with Gasteiger partial charge in [0.1, 0.15) is 5.54 Å². The first-order valence-electron chi connectivity index (χ1n) is 5.55. The van der Waals surface area contributed by atoms with Crippen LogP contribution in [0.15, 0.2) is 22.7 Å². The third-order valence-electron chi connectivity index (χ3n) is 2.50. The quantitative estimate of drug-likeness (QED) is 0.662. The van der Waals surface area contributed by atoms with Gasteiger partial charge in [0, 0.05) is 10.2 Å². The van der Waals surface area contributed by atoms with Gasteiger partial charge in [0.2, 0.25) is 5.91 Å². The van der Waals surface area contributed by atoms with E-state index in [9.17, 15) is 14.4 Å². The lowest BCUT2D eigenvalue weighted by Gasteiger charge is -2.22. The molecule has 0 atom stereocenters. The fourth-order valence-electron chi connectivity index (χ4n) is 1.27. The first-order chi connectivity index (χ1) is 9.13. The number of carboxylic acid groups (broad SMARTS) is 1. The topological polar surface area (TPSA) is 122 Å². The van der Waals surface area contributed by atoms with Gasteiger partial charge in [0.05, 0.1) is 5.56 Å². The van der Waals surface area contributed by atoms with Crippen molar-refractivity contribution in [1.82, 2.24) is 5.32 Å². The number of nitrogens with one attached hydrogen (secondary N) is 2. The van der Waals surface area contributed by atoms with E-state index in [1.807, 2.05) is 0 Å². The van der Waals surface area contributed by atoms with Gasteiger partial charge >= 0.3 is 12.0 Å². The number of anilines is 1. The highest BCUT2D eigenvalue weighted by atomic mass is 79.9. The van der Waals surface area contributed by atoms with E-state index in [1.165, 1.54) is 32.0 Å². The molecule has 0 aliphatic carbocycles. The van der Waals surface area contributed by atoms with Crippen molar-refractivity contribution in [3.8, 4) is 0 Å². The molecule has 0 aliphatic heterocycles. The maximum Gasteiger partial charge on any atom is 0.336 e. The third-order valence-corrected chi connectivity index (χ3v) is 3.19. The molecule has 0 aromatic heterocycles. The third kappa shape index (κ3) is 3.95. The highest BCUT2D eigenvalue weighted by molar-refractivity contribution is 9.10. The second kappa shape index (κ2) is 5.91. The molecule has 0 saturated heterocycles. The number of benzene rings is 1. The predicted molar refractivity (Wildman–Crippen MR) is 76.5 cm³/mol. The van der Waals surface area contributed by atoms with Crippen LogP contribution in [0, 0.1) is 0 Å². The Morgan fingerprint density at radius 3 is 2.40 bits per heavy atom. The first kappa shape index (κ1) is 16.0. The summed E-state index contributed by atoms with van der Waals surface area (Å²) in [6, 6.07) is 3.65. The molecular weight excluding hydrogens is 330 g/mol. The Bertz CT molecular complexity index is 572. The predicted octanol–water partition coefficient (Wildman–Crippen LogP) is 1.53. The van der Waals surface area contributed by atoms with Gasteiger partial charge in [-0.15, -0.1) is 0 Å². The number of aromatic carboxylic acids is 1. The fraction of sp³-hybridized carbons (Fsp3) is 0.250. The smallest absolute Gasteiger partial charge is 0.336 e. The Labute approximate surface area is 123 Å². The van der Waals surface area contributed by atoms with Crippen molar-refractivity contribution >= 4 is 39.5 Å². The number of amides is 3. The van der Waals surface area contributed by atoms with Gasteiger partial charge in [0.15, 0.2) is 0 Å². The van der Waals surface area contributed by atoms with Crippen molar-refractivity contribution in [2.24, 2.45) is 5.73 Å². The summed E-state index contributed by atoms with van der Waals surface area (Å²) in [7, 11) is 0. The zero-order valence-electron chi connectivity index (χ0n) is 10.9. The molecular formula is C12H14BrN3O4. The zero-order valence-corrected chi connectivity index (χ0v) is 12.4. The van der Waals surface area contributed by atoms with E-state index < -0.39 is 23.4 Å². The van der Waals surface area contributed by atoms with Crippen molar-refractivity contribution < 1.29 is 19.5 Å². The number of primary amides is 1. The van der Waals surface area contributed by atoms with E-state index in [-0.39, 0.29) is 11.3 Å². The fourth-order valence-corrected chi connectivity index (χ4v) is 1.69. The van der Waals surface area contributed by atoms with Gasteiger partial charge in [-0.2, -0.15) is 0 Å². The van der Waals surface area contributed by atoms with Crippen LogP contribution in [-0.4, -0.2) is 28.6 Å². The van der Waals surface area contributed by atoms with E-state index in [0.717, 1.165) is 0 Å². The molecule has 7 nitrogen and oxygen atoms in total. The van der Waals surface area contributed by atoms with Crippen LogP contribution in [0.2, 0.25) is 0 Å². The molecule has 0 bridgehead atoms. The minimum atomic E-state index is -1.21. The number of carbonyl (C=O) groups excluding carboxylic acids is 2. The van der Waals surface area contributed by atoms with Gasteiger partial charge in [0.25, 0.3) is 0 Å². The molecule has 0 saturated carbocycles. The summed E-state index contributed by atoms with van der Waals surface area (Å²) >= 11 is 3.09. The van der Waals surface area contributed by atoms with Crippen molar-refractivity contribution in [3.05, 3.63) is 28.2 Å². The lowest BCUT2D eigenvalue weighted by molar-refractivity contribution is -0.122. The molecule has 1 aromatic carbocycles. The molecule has 1 aromatic rings. The molecule has 3 amide bonds. The van der Waals surface area contributed by atoms with Crippen LogP contribution in [0.5, 0.6) is 0 Å². The van der Waals surface area contributed by atoms with Crippen LogP contribution in [0.1, 0.15) is 24.2 Å². The molecule has 0 spiro atoms. The second-order valence-corrected chi connectivity index (χ2v) is 5.42. The number of hydrogen-bond acceptors (Lipinski definition) is 3. The number of nitrogens with two attached hydrogens (primary N) is 1. The van der Waals surface area contributed by atoms with Crippen molar-refractivity contribution in [2.45, 2.75) is 19.4 Å². The molecule has 0 unspecified atom stereocenters. The van der Waals surface area contributed by atoms with E-state index in [4.69, 9.17) is 10.8 Å². The van der Waals surface area contributed by atoms with E-state index in [0.29, 0.717) is 4.47 Å². The van der Waals surface area contributed by atoms with Crippen LogP contribution >= 0.6 is 15.9 Å². The summed E-state index contributed by atoms with van der Waals surface area (Å²) in [5.41, 5.74) is 4.21. The number of rotatable bonds is 4. The lowest BCUT2D eigenvalue weighted by atomic mass is 10.1. The molecule has 0 aliphatic rings. The van der Waals surface area contributed by atoms with Gasteiger partial charge in [-0.1, -0.05) is 0 Å². The number of carbonyl (C=O) groups is 3. The zero-order chi connectivity index (χ0) is 15.5. The van der Waals surface area contributed by atoms with Crippen LogP contribution in [-0.2, 0) is 4.79 Å². The number of hydrogen-bond donors (Lipinski definition) is 4. The summed E-state index contributed by atoms with van der Waals surface area (Å²) < 4.78 is 0.397. The van der Waals surface area contributed by atoms with Crippen molar-refractivity contribution in [2.75, 3.05) is 5.32 Å². The maximum atomic E-state index is 11.7. The molecule has 108 valence electrons. The number of halogens is 1. The highest BCUT2D eigenvalue weighted by Crippen LogP contribution is 2.21. The van der Waals surface area contributed by atoms with Gasteiger partial charge in [-0.25, -0.2) is 9.59 Å². The summed E-state index contributed by atoms with van der Waals surface area (Å²) in [5.74, 6) is -1.81. The monoisotopic (exact) mass is 343 g/mol. The Hall–Kier alpha value is -2.09. The summed E-state index contributed by atoms with van der Waals surface area (Å²) in [4.78, 5) is 33.8. The minimum absolute atomic E-state index is 0.0111. The Kier molecular flexibility index (Phi) is 4.72. The molecule has 0 radical (unpaired) electrons. The second-order valence-electron chi connectivity index (χ2n) is 4.57. The van der Waals surface area contributed by atoms with Crippen molar-refractivity contribution in [3.63, 3.8) is 0 Å². The SMILES string of the molecule is CC(C)(NC(=O)Nc1ccc(Br)c(C(=O)O)c1)C(N)=O. The Morgan fingerprint density at radius 2 is 1.90 bits per heavy atom. The normalized spacial score (nSPS) is 10.8. The lowest BCUT2D eigenvalue weighted by Crippen LogP contribution is -2.54. The molecule has 20 heavy (non-hydrogen) atoms. The maximum absolute atomic E-state index is 11.7. The molecule has 0 heterocycles. The average molecular weight is 344 g/mol. The Balaban J connectivity index is 2.84. The molecule has 1 rings (SSSR count). The number of carboxylic acids is 1. The van der Waals surface area contributed by atoms with E-state index in [1.54, 1.807) is 0 Å². The summed E-state index contributed by atoms with van der Waals surface area (Å²) in [6.45, 7) is 2.92. The van der Waals surface area contributed by atoms with Crippen LogP contribution in [0.25, 0.3) is 0 Å². The molecule has 5 N–H and O–H groups in total. The van der Waals surface area contributed by atoms with Crippen LogP contribution < -0.4 is 16.4 Å². The Morgan fingerprint density at radius 1 is 1.30 bits per heavy atom. The van der Waals surface area contributed by atoms with Gasteiger partial charge < -0.3 is 21.5 Å². The molecule has 0 fully saturated rings. The standard InChI is InChI=1S/C12H14BrN3O4/c1-12(2,10(14)19)16-11(20)15-6-3-4-8(13)7(5-6)9(17)18/h3-5H,1-2H3,(H2,14,19)(H,17,18)(H2,15,16,20). The number of urea groups is 1. The largest absolute Gasteiger partial charge is 0.478 e. The van der Waals surface area contributed by atoms with Crippen molar-refractivity contribution in [1.29, 1.82) is 0 Å². The summed E-state index contributed by atoms with van der Waals surface area (Å²) in [5, 5.41) is 13.8. The molecule has 8 heteroatoms. The van der Waals surface area contributed by atoms with Crippen LogP contribution in [0.4, 0.5) is 10.5 Å². The van der Waals surface area contributed by atoms with Gasteiger partial charge in [-0.05, 0) is 48.0 Å². The highest BCUT2D eigenvalue weighted by Gasteiger charge is 2.26. The summed E-state index contributed by atoms with van der Waals surface area (Å²) in [6.07, 6.45) is 0. The van der Waals surface area contributed by atoms with Gasteiger partial charge in [-0.3, -0.25) is 4.79 Å². The van der Waals surface area contributed by atoms with Crippen LogP contribution in [0.3, 0.4) is 0 Å².